The number of esters is 1. The third-order valence-corrected chi connectivity index (χ3v) is 3.84. The van der Waals surface area contributed by atoms with Gasteiger partial charge in [0.25, 0.3) is 0 Å². The first kappa shape index (κ1) is 16.0. The van der Waals surface area contributed by atoms with Crippen LogP contribution in [0.25, 0.3) is 10.9 Å². The predicted octanol–water partition coefficient (Wildman–Crippen LogP) is 4.77. The molecule has 0 saturated carbocycles. The highest BCUT2D eigenvalue weighted by molar-refractivity contribution is 5.95. The van der Waals surface area contributed by atoms with E-state index in [1.165, 1.54) is 0 Å². The number of hydrogen-bond acceptors (Lipinski definition) is 4. The highest BCUT2D eigenvalue weighted by Gasteiger charge is 2.08. The summed E-state index contributed by atoms with van der Waals surface area (Å²) in [4.78, 5) is 16.4. The summed E-state index contributed by atoms with van der Waals surface area (Å²) in [5.74, 6) is -0.301. The van der Waals surface area contributed by atoms with Crippen LogP contribution < -0.4 is 5.32 Å². The summed E-state index contributed by atoms with van der Waals surface area (Å²) in [6, 6.07) is 15.5. The predicted molar refractivity (Wildman–Crippen MR) is 96.9 cm³/mol. The van der Waals surface area contributed by atoms with Crippen molar-refractivity contribution < 1.29 is 9.53 Å². The Morgan fingerprint density at radius 1 is 1.12 bits per heavy atom. The van der Waals surface area contributed by atoms with Gasteiger partial charge in [-0.25, -0.2) is 4.79 Å². The molecule has 0 fully saturated rings. The molecule has 0 radical (unpaired) electrons. The van der Waals surface area contributed by atoms with Gasteiger partial charge in [-0.3, -0.25) is 4.98 Å². The lowest BCUT2D eigenvalue weighted by molar-refractivity contribution is 0.0526. The van der Waals surface area contributed by atoms with E-state index in [1.807, 2.05) is 31.2 Å². The van der Waals surface area contributed by atoms with E-state index in [4.69, 9.17) is 4.74 Å². The third-order valence-electron chi connectivity index (χ3n) is 3.84. The minimum absolute atomic E-state index is 0.301. The van der Waals surface area contributed by atoms with Crippen LogP contribution in [0.3, 0.4) is 0 Å². The molecule has 4 heteroatoms. The lowest BCUT2D eigenvalue weighted by atomic mass is 10.1. The van der Waals surface area contributed by atoms with Crippen molar-refractivity contribution in [2.45, 2.75) is 20.8 Å². The van der Waals surface area contributed by atoms with Crippen molar-refractivity contribution in [1.82, 2.24) is 4.98 Å². The van der Waals surface area contributed by atoms with Crippen molar-refractivity contribution in [2.24, 2.45) is 0 Å². The first-order chi connectivity index (χ1) is 11.6. The fourth-order valence-corrected chi connectivity index (χ4v) is 2.68. The molecule has 3 rings (SSSR count). The lowest BCUT2D eigenvalue weighted by Gasteiger charge is -2.12. The number of rotatable bonds is 4. The van der Waals surface area contributed by atoms with Gasteiger partial charge in [0.05, 0.1) is 17.7 Å². The zero-order chi connectivity index (χ0) is 17.1. The second-order valence-corrected chi connectivity index (χ2v) is 5.71. The average molecular weight is 320 g/mol. The van der Waals surface area contributed by atoms with E-state index in [2.05, 4.69) is 29.4 Å². The Morgan fingerprint density at radius 3 is 2.58 bits per heavy atom. The highest BCUT2D eigenvalue weighted by atomic mass is 16.5. The quantitative estimate of drug-likeness (QED) is 0.703. The number of para-hydroxylation sites is 1. The van der Waals surface area contributed by atoms with Crippen LogP contribution in [0.4, 0.5) is 11.4 Å². The molecule has 3 aromatic rings. The Bertz CT molecular complexity index is 886. The third kappa shape index (κ3) is 3.23. The molecule has 0 aliphatic heterocycles. The number of benzene rings is 2. The molecule has 24 heavy (non-hydrogen) atoms. The van der Waals surface area contributed by atoms with Crippen molar-refractivity contribution in [2.75, 3.05) is 11.9 Å². The highest BCUT2D eigenvalue weighted by Crippen LogP contribution is 2.28. The summed E-state index contributed by atoms with van der Waals surface area (Å²) in [5, 5.41) is 4.50. The zero-order valence-electron chi connectivity index (χ0n) is 14.1. The lowest BCUT2D eigenvalue weighted by Crippen LogP contribution is -2.04. The molecule has 4 nitrogen and oxygen atoms in total. The molecule has 0 unspecified atom stereocenters. The normalized spacial score (nSPS) is 10.6. The number of hydrogen-bond donors (Lipinski definition) is 1. The molecule has 0 aliphatic carbocycles. The number of nitrogens with one attached hydrogen (secondary N) is 1. The molecule has 122 valence electrons. The van der Waals surface area contributed by atoms with Gasteiger partial charge in [-0.2, -0.15) is 0 Å². The number of nitrogens with zero attached hydrogens (tertiary/aromatic N) is 1. The van der Waals surface area contributed by atoms with Gasteiger partial charge in [-0.15, -0.1) is 0 Å². The summed E-state index contributed by atoms with van der Waals surface area (Å²) in [6.07, 6.45) is 0. The van der Waals surface area contributed by atoms with E-state index in [9.17, 15) is 4.79 Å². The number of fused-ring (bicyclic) bond motifs is 1. The number of aryl methyl sites for hydroxylation is 2. The van der Waals surface area contributed by atoms with Crippen molar-refractivity contribution in [1.29, 1.82) is 0 Å². The van der Waals surface area contributed by atoms with E-state index in [1.54, 1.807) is 19.1 Å². The van der Waals surface area contributed by atoms with E-state index >= 15 is 0 Å². The van der Waals surface area contributed by atoms with Gasteiger partial charge in [-0.05, 0) is 56.7 Å². The van der Waals surface area contributed by atoms with Gasteiger partial charge in [0.2, 0.25) is 0 Å². The van der Waals surface area contributed by atoms with Crippen LogP contribution in [0.2, 0.25) is 0 Å². The average Bonchev–Trinajstić information content (AvgIpc) is 2.57. The monoisotopic (exact) mass is 320 g/mol. The molecular weight excluding hydrogens is 300 g/mol. The fourth-order valence-electron chi connectivity index (χ4n) is 2.68. The van der Waals surface area contributed by atoms with Crippen molar-refractivity contribution >= 4 is 28.2 Å². The molecule has 1 heterocycles. The minimum atomic E-state index is -0.301. The van der Waals surface area contributed by atoms with Gasteiger partial charge in [0.15, 0.2) is 0 Å². The molecular formula is C20H20N2O2. The second kappa shape index (κ2) is 6.71. The topological polar surface area (TPSA) is 51.2 Å². The fraction of sp³-hybridized carbons (Fsp3) is 0.200. The SMILES string of the molecule is CCOC(=O)c1ccc(Nc2cc(C)nc3c(C)cccc23)cc1. The maximum atomic E-state index is 11.7. The Kier molecular flexibility index (Phi) is 4.47. The van der Waals surface area contributed by atoms with Crippen LogP contribution in [0.1, 0.15) is 28.5 Å². The Hall–Kier alpha value is -2.88. The van der Waals surface area contributed by atoms with E-state index in [-0.39, 0.29) is 5.97 Å². The standard InChI is InChI=1S/C20H20N2O2/c1-4-24-20(23)15-8-10-16(11-9-15)22-18-12-14(3)21-19-13(2)6-5-7-17(18)19/h5-12H,4H2,1-3H3,(H,21,22). The molecule has 2 aromatic carbocycles. The van der Waals surface area contributed by atoms with Crippen LogP contribution in [-0.4, -0.2) is 17.6 Å². The van der Waals surface area contributed by atoms with Crippen molar-refractivity contribution in [3.63, 3.8) is 0 Å². The summed E-state index contributed by atoms with van der Waals surface area (Å²) in [7, 11) is 0. The first-order valence-corrected chi connectivity index (χ1v) is 7.99. The maximum Gasteiger partial charge on any atom is 0.338 e. The number of carbonyl (C=O) groups excluding carboxylic acids is 1. The molecule has 0 atom stereocenters. The van der Waals surface area contributed by atoms with Gasteiger partial charge in [0, 0.05) is 22.5 Å². The van der Waals surface area contributed by atoms with Crippen molar-refractivity contribution in [3.8, 4) is 0 Å². The van der Waals surface area contributed by atoms with Crippen LogP contribution in [0.15, 0.2) is 48.5 Å². The second-order valence-electron chi connectivity index (χ2n) is 5.71. The zero-order valence-corrected chi connectivity index (χ0v) is 14.1. The van der Waals surface area contributed by atoms with Gasteiger partial charge in [-0.1, -0.05) is 18.2 Å². The molecule has 0 bridgehead atoms. The minimum Gasteiger partial charge on any atom is -0.462 e. The summed E-state index contributed by atoms with van der Waals surface area (Å²) >= 11 is 0. The molecule has 0 saturated heterocycles. The van der Waals surface area contributed by atoms with Crippen LogP contribution in [0.5, 0.6) is 0 Å². The number of carbonyl (C=O) groups is 1. The Labute approximate surface area is 141 Å². The van der Waals surface area contributed by atoms with Crippen LogP contribution >= 0.6 is 0 Å². The Morgan fingerprint density at radius 2 is 1.88 bits per heavy atom. The van der Waals surface area contributed by atoms with Crippen LogP contribution in [-0.2, 0) is 4.74 Å². The van der Waals surface area contributed by atoms with E-state index in [0.29, 0.717) is 12.2 Å². The number of pyridine rings is 1. The summed E-state index contributed by atoms with van der Waals surface area (Å²) in [5.41, 5.74) is 5.58. The summed E-state index contributed by atoms with van der Waals surface area (Å²) in [6.45, 7) is 6.22. The molecule has 0 aliphatic rings. The first-order valence-electron chi connectivity index (χ1n) is 7.99. The molecule has 0 spiro atoms. The maximum absolute atomic E-state index is 11.7. The van der Waals surface area contributed by atoms with Crippen molar-refractivity contribution in [3.05, 3.63) is 65.4 Å². The molecule has 1 N–H and O–H groups in total. The molecule has 0 amide bonds. The largest absolute Gasteiger partial charge is 0.462 e. The number of ether oxygens (including phenoxy) is 1. The van der Waals surface area contributed by atoms with Crippen LogP contribution in [0, 0.1) is 13.8 Å². The number of anilines is 2. The summed E-state index contributed by atoms with van der Waals surface area (Å²) < 4.78 is 5.01. The smallest absolute Gasteiger partial charge is 0.338 e. The molecule has 1 aromatic heterocycles. The van der Waals surface area contributed by atoms with Gasteiger partial charge >= 0.3 is 5.97 Å². The van der Waals surface area contributed by atoms with Gasteiger partial charge < -0.3 is 10.1 Å². The Balaban J connectivity index is 1.93. The van der Waals surface area contributed by atoms with E-state index < -0.39 is 0 Å². The van der Waals surface area contributed by atoms with E-state index in [0.717, 1.165) is 33.5 Å². The van der Waals surface area contributed by atoms with Gasteiger partial charge in [0.1, 0.15) is 0 Å². The number of aromatic nitrogens is 1.